The van der Waals surface area contributed by atoms with Crippen molar-refractivity contribution in [1.82, 2.24) is 0 Å². The quantitative estimate of drug-likeness (QED) is 0.0458. The number of rotatable bonds is 26. The van der Waals surface area contributed by atoms with Gasteiger partial charge in [-0.2, -0.15) is 0 Å². The molecule has 0 spiro atoms. The average Bonchev–Trinajstić information content (AvgIpc) is 3.14. The molecule has 0 aliphatic carbocycles. The summed E-state index contributed by atoms with van der Waals surface area (Å²) < 4.78 is 0. The summed E-state index contributed by atoms with van der Waals surface area (Å²) in [4.78, 5) is 0. The molecule has 2 heteroatoms. The van der Waals surface area contributed by atoms with Crippen LogP contribution in [0, 0.1) is 0 Å². The molecule has 0 saturated carbocycles. The highest BCUT2D eigenvalue weighted by atomic mass is 31.1. The molecule has 1 atom stereocenters. The molecule has 4 aromatic rings. The van der Waals surface area contributed by atoms with E-state index in [1.54, 1.807) is 0 Å². The summed E-state index contributed by atoms with van der Waals surface area (Å²) in [5.74, 6) is 0. The van der Waals surface area contributed by atoms with Crippen molar-refractivity contribution in [1.29, 1.82) is 0 Å². The Kier molecular flexibility index (Phi) is 19.9. The van der Waals surface area contributed by atoms with Gasteiger partial charge in [-0.1, -0.05) is 244 Å². The Labute approximate surface area is 298 Å². The first-order chi connectivity index (χ1) is 23.9. The van der Waals surface area contributed by atoms with Gasteiger partial charge in [0.25, 0.3) is 0 Å². The van der Waals surface area contributed by atoms with E-state index in [4.69, 9.17) is 0 Å². The van der Waals surface area contributed by atoms with Gasteiger partial charge in [0.05, 0.1) is 0 Å². The minimum atomic E-state index is -0.457. The largest absolute Gasteiger partial charge is 0.0654 e. The molecular weight excluding hydrogens is 614 g/mol. The Bertz CT molecular complexity index is 1210. The maximum absolute atomic E-state index is 2.40. The van der Waals surface area contributed by atoms with Crippen LogP contribution in [0.25, 0.3) is 0 Å². The van der Waals surface area contributed by atoms with Gasteiger partial charge in [-0.15, -0.1) is 0 Å². The van der Waals surface area contributed by atoms with Crippen molar-refractivity contribution in [2.75, 3.05) is 6.16 Å². The van der Waals surface area contributed by atoms with Crippen molar-refractivity contribution >= 4 is 37.1 Å². The first-order valence-electron chi connectivity index (χ1n) is 19.6. The Morgan fingerprint density at radius 3 is 0.979 bits per heavy atom. The first-order valence-corrected chi connectivity index (χ1v) is 22.6. The van der Waals surface area contributed by atoms with E-state index in [9.17, 15) is 0 Å². The van der Waals surface area contributed by atoms with Crippen molar-refractivity contribution in [2.45, 2.75) is 135 Å². The van der Waals surface area contributed by atoms with Gasteiger partial charge in [0.15, 0.2) is 0 Å². The van der Waals surface area contributed by atoms with Crippen LogP contribution in [0.1, 0.15) is 129 Å². The molecule has 0 aromatic heterocycles. The normalized spacial score (nSPS) is 12.1. The standard InChI is InChI=1S/C46H64P2/c1-2-3-4-5-6-7-8-9-10-11-12-13-14-15-16-17-18-23-40-46(48(44-36-28-21-29-37-44)45-38-30-22-31-39-45)41-47(42-32-24-19-25-33-42)43-34-26-20-27-35-43/h19-22,24-39,46H,2-18,23,40-41H2,1H3. The Morgan fingerprint density at radius 2 is 0.646 bits per heavy atom. The van der Waals surface area contributed by atoms with Crippen LogP contribution in [0.3, 0.4) is 0 Å². The zero-order chi connectivity index (χ0) is 33.3. The molecule has 0 N–H and O–H groups in total. The third kappa shape index (κ3) is 14.7. The van der Waals surface area contributed by atoms with Crippen LogP contribution in [0.15, 0.2) is 121 Å². The third-order valence-corrected chi connectivity index (χ3v) is 15.7. The SMILES string of the molecule is CCCCCCCCCCCCCCCCCCCCC(CP(c1ccccc1)c1ccccc1)P(c1ccccc1)c1ccccc1. The summed E-state index contributed by atoms with van der Waals surface area (Å²) in [6.07, 6.45) is 28.3. The summed E-state index contributed by atoms with van der Waals surface area (Å²) in [6, 6.07) is 45.7. The molecule has 48 heavy (non-hydrogen) atoms. The van der Waals surface area contributed by atoms with Gasteiger partial charge in [0.1, 0.15) is 0 Å². The fraction of sp³-hybridized carbons (Fsp3) is 0.478. The van der Waals surface area contributed by atoms with Crippen LogP contribution >= 0.6 is 15.8 Å². The van der Waals surface area contributed by atoms with Crippen LogP contribution in [0.2, 0.25) is 0 Å². The fourth-order valence-electron chi connectivity index (χ4n) is 7.12. The minimum Gasteiger partial charge on any atom is -0.0654 e. The van der Waals surface area contributed by atoms with Crippen LogP contribution in [0.5, 0.6) is 0 Å². The third-order valence-electron chi connectivity index (χ3n) is 9.85. The van der Waals surface area contributed by atoms with E-state index in [0.29, 0.717) is 5.66 Å². The number of benzene rings is 4. The summed E-state index contributed by atoms with van der Waals surface area (Å²) in [5.41, 5.74) is 0.650. The molecule has 4 rings (SSSR count). The highest BCUT2D eigenvalue weighted by molar-refractivity contribution is 7.77. The maximum atomic E-state index is 2.40. The van der Waals surface area contributed by atoms with E-state index in [2.05, 4.69) is 128 Å². The average molecular weight is 679 g/mol. The van der Waals surface area contributed by atoms with Crippen LogP contribution in [0.4, 0.5) is 0 Å². The molecule has 0 saturated heterocycles. The van der Waals surface area contributed by atoms with E-state index in [-0.39, 0.29) is 0 Å². The predicted octanol–water partition coefficient (Wildman–Crippen LogP) is 13.1. The monoisotopic (exact) mass is 678 g/mol. The van der Waals surface area contributed by atoms with Gasteiger partial charge in [0, 0.05) is 0 Å². The second kappa shape index (κ2) is 24.8. The molecular formula is C46H64P2. The summed E-state index contributed by atoms with van der Waals surface area (Å²) in [6.45, 7) is 2.31. The summed E-state index contributed by atoms with van der Waals surface area (Å²) in [7, 11) is -0.890. The van der Waals surface area contributed by atoms with E-state index in [0.717, 1.165) is 0 Å². The van der Waals surface area contributed by atoms with Gasteiger partial charge in [-0.3, -0.25) is 0 Å². The maximum Gasteiger partial charge on any atom is -0.00835 e. The molecule has 0 heterocycles. The van der Waals surface area contributed by atoms with E-state index < -0.39 is 15.8 Å². The number of unbranched alkanes of at least 4 members (excludes halogenated alkanes) is 17. The second-order valence-corrected chi connectivity index (χ2v) is 18.5. The van der Waals surface area contributed by atoms with Crippen molar-refractivity contribution in [3.63, 3.8) is 0 Å². The Hall–Kier alpha value is -2.26. The lowest BCUT2D eigenvalue weighted by molar-refractivity contribution is 0.523. The number of hydrogen-bond acceptors (Lipinski definition) is 0. The molecule has 0 amide bonds. The van der Waals surface area contributed by atoms with Crippen LogP contribution < -0.4 is 21.2 Å². The highest BCUT2D eigenvalue weighted by Gasteiger charge is 2.28. The van der Waals surface area contributed by atoms with Gasteiger partial charge >= 0.3 is 0 Å². The van der Waals surface area contributed by atoms with Crippen molar-refractivity contribution in [3.05, 3.63) is 121 Å². The minimum absolute atomic E-state index is 0.433. The topological polar surface area (TPSA) is 0 Å². The van der Waals surface area contributed by atoms with Crippen molar-refractivity contribution < 1.29 is 0 Å². The van der Waals surface area contributed by atoms with Gasteiger partial charge in [-0.25, -0.2) is 0 Å². The van der Waals surface area contributed by atoms with Crippen LogP contribution in [-0.2, 0) is 0 Å². The van der Waals surface area contributed by atoms with Gasteiger partial charge in [-0.05, 0) is 55.3 Å². The Morgan fingerprint density at radius 1 is 0.354 bits per heavy atom. The van der Waals surface area contributed by atoms with E-state index >= 15 is 0 Å². The lowest BCUT2D eigenvalue weighted by atomic mass is 10.0. The lowest BCUT2D eigenvalue weighted by Crippen LogP contribution is -2.27. The molecule has 258 valence electrons. The first kappa shape index (κ1) is 38.5. The molecule has 0 nitrogen and oxygen atoms in total. The highest BCUT2D eigenvalue weighted by Crippen LogP contribution is 2.48. The smallest absolute Gasteiger partial charge is 0.00835 e. The molecule has 1 unspecified atom stereocenters. The van der Waals surface area contributed by atoms with Crippen LogP contribution in [-0.4, -0.2) is 11.8 Å². The molecule has 0 radical (unpaired) electrons. The number of hydrogen-bond donors (Lipinski definition) is 0. The second-order valence-electron chi connectivity index (χ2n) is 13.8. The fourth-order valence-corrected chi connectivity index (χ4v) is 13.2. The molecule has 4 aromatic carbocycles. The summed E-state index contributed by atoms with van der Waals surface area (Å²) in [5, 5.41) is 6.08. The predicted molar refractivity (Wildman–Crippen MR) is 220 cm³/mol. The van der Waals surface area contributed by atoms with Crippen molar-refractivity contribution in [2.24, 2.45) is 0 Å². The van der Waals surface area contributed by atoms with Crippen molar-refractivity contribution in [3.8, 4) is 0 Å². The zero-order valence-corrected chi connectivity index (χ0v) is 31.9. The van der Waals surface area contributed by atoms with Gasteiger partial charge in [0.2, 0.25) is 0 Å². The molecule has 0 fully saturated rings. The molecule has 0 aliphatic heterocycles. The zero-order valence-electron chi connectivity index (χ0n) is 30.2. The molecule has 0 bridgehead atoms. The van der Waals surface area contributed by atoms with E-state index in [1.165, 1.54) is 149 Å². The van der Waals surface area contributed by atoms with Gasteiger partial charge < -0.3 is 0 Å². The molecule has 0 aliphatic rings. The summed E-state index contributed by atoms with van der Waals surface area (Å²) >= 11 is 0. The lowest BCUT2D eigenvalue weighted by Gasteiger charge is -2.32. The van der Waals surface area contributed by atoms with E-state index in [1.807, 2.05) is 0 Å². The Balaban J connectivity index is 1.27.